The van der Waals surface area contributed by atoms with Gasteiger partial charge >= 0.3 is 5.97 Å². The van der Waals surface area contributed by atoms with Crippen LogP contribution in [0, 0.1) is 0 Å². The smallest absolute Gasteiger partial charge is 0.342 e. The lowest BCUT2D eigenvalue weighted by molar-refractivity contribution is -0.0253. The minimum absolute atomic E-state index is 0.154. The standard InChI is InChI=1S/C19H30O4/c1-8-19(9-2,10-3)23-18(20)17-15(13(4)5)11-14(21-6)12-16(17)22-7/h11-13H,8-10H2,1-7H3. The van der Waals surface area contributed by atoms with Crippen molar-refractivity contribution in [3.63, 3.8) is 0 Å². The number of methoxy groups -OCH3 is 2. The zero-order valence-corrected chi connectivity index (χ0v) is 15.5. The van der Waals surface area contributed by atoms with Crippen molar-refractivity contribution in [3.8, 4) is 11.5 Å². The van der Waals surface area contributed by atoms with E-state index >= 15 is 0 Å². The Morgan fingerprint density at radius 3 is 2.00 bits per heavy atom. The second-order valence-electron chi connectivity index (χ2n) is 6.08. The Bertz CT molecular complexity index is 522. The second kappa shape index (κ2) is 8.23. The maximum Gasteiger partial charge on any atom is 0.342 e. The van der Waals surface area contributed by atoms with Crippen LogP contribution in [0.2, 0.25) is 0 Å². The number of rotatable bonds is 8. The van der Waals surface area contributed by atoms with Crippen LogP contribution < -0.4 is 9.47 Å². The SMILES string of the molecule is CCC(CC)(CC)OC(=O)c1c(OC)cc(OC)cc1C(C)C. The van der Waals surface area contributed by atoms with Gasteiger partial charge in [-0.1, -0.05) is 34.6 Å². The van der Waals surface area contributed by atoms with Crippen molar-refractivity contribution in [3.05, 3.63) is 23.3 Å². The second-order valence-corrected chi connectivity index (χ2v) is 6.08. The summed E-state index contributed by atoms with van der Waals surface area (Å²) in [6, 6.07) is 3.61. The molecule has 0 aliphatic carbocycles. The summed E-state index contributed by atoms with van der Waals surface area (Å²) in [5.41, 5.74) is 0.961. The molecule has 0 bridgehead atoms. The minimum Gasteiger partial charge on any atom is -0.497 e. The molecule has 4 nitrogen and oxygen atoms in total. The van der Waals surface area contributed by atoms with E-state index in [0.717, 1.165) is 24.8 Å². The molecular weight excluding hydrogens is 292 g/mol. The van der Waals surface area contributed by atoms with Crippen molar-refractivity contribution in [1.29, 1.82) is 0 Å². The lowest BCUT2D eigenvalue weighted by Gasteiger charge is -2.31. The van der Waals surface area contributed by atoms with Gasteiger partial charge in [0.2, 0.25) is 0 Å². The molecule has 1 aromatic rings. The van der Waals surface area contributed by atoms with E-state index in [0.29, 0.717) is 17.1 Å². The molecular formula is C19H30O4. The van der Waals surface area contributed by atoms with Gasteiger partial charge in [-0.05, 0) is 36.8 Å². The summed E-state index contributed by atoms with van der Waals surface area (Å²) < 4.78 is 16.7. The first kappa shape index (κ1) is 19.3. The first-order valence-electron chi connectivity index (χ1n) is 8.37. The van der Waals surface area contributed by atoms with E-state index in [9.17, 15) is 4.79 Å². The van der Waals surface area contributed by atoms with Gasteiger partial charge in [0.1, 0.15) is 22.7 Å². The molecule has 0 aliphatic rings. The van der Waals surface area contributed by atoms with Gasteiger partial charge in [0, 0.05) is 6.07 Å². The van der Waals surface area contributed by atoms with Crippen molar-refractivity contribution in [2.24, 2.45) is 0 Å². The summed E-state index contributed by atoms with van der Waals surface area (Å²) in [4.78, 5) is 12.9. The van der Waals surface area contributed by atoms with Gasteiger partial charge in [-0.15, -0.1) is 0 Å². The Labute approximate surface area is 140 Å². The fourth-order valence-corrected chi connectivity index (χ4v) is 2.78. The highest BCUT2D eigenvalue weighted by atomic mass is 16.6. The zero-order valence-electron chi connectivity index (χ0n) is 15.5. The van der Waals surface area contributed by atoms with Gasteiger partial charge in [0.25, 0.3) is 0 Å². The lowest BCUT2D eigenvalue weighted by atomic mass is 9.92. The molecule has 0 heterocycles. The molecule has 0 spiro atoms. The highest BCUT2D eigenvalue weighted by Gasteiger charge is 2.32. The predicted molar refractivity (Wildman–Crippen MR) is 92.7 cm³/mol. The van der Waals surface area contributed by atoms with Crippen LogP contribution in [-0.2, 0) is 4.74 Å². The van der Waals surface area contributed by atoms with E-state index in [-0.39, 0.29) is 11.9 Å². The Hall–Kier alpha value is -1.71. The molecule has 0 fully saturated rings. The fraction of sp³-hybridized carbons (Fsp3) is 0.632. The van der Waals surface area contributed by atoms with Crippen LogP contribution in [0.3, 0.4) is 0 Å². The quantitative estimate of drug-likeness (QED) is 0.635. The van der Waals surface area contributed by atoms with Crippen LogP contribution in [0.4, 0.5) is 0 Å². The van der Waals surface area contributed by atoms with Gasteiger partial charge in [0.15, 0.2) is 0 Å². The fourth-order valence-electron chi connectivity index (χ4n) is 2.78. The van der Waals surface area contributed by atoms with Gasteiger partial charge in [0.05, 0.1) is 14.2 Å². The number of hydrogen-bond acceptors (Lipinski definition) is 4. The molecule has 0 saturated heterocycles. The summed E-state index contributed by atoms with van der Waals surface area (Å²) in [6.45, 7) is 10.2. The molecule has 0 saturated carbocycles. The van der Waals surface area contributed by atoms with Crippen molar-refractivity contribution in [2.75, 3.05) is 14.2 Å². The normalized spacial score (nSPS) is 11.5. The number of esters is 1. The lowest BCUT2D eigenvalue weighted by Crippen LogP contribution is -2.33. The van der Waals surface area contributed by atoms with E-state index in [4.69, 9.17) is 14.2 Å². The first-order chi connectivity index (χ1) is 10.9. The van der Waals surface area contributed by atoms with Crippen LogP contribution in [0.15, 0.2) is 12.1 Å². The van der Waals surface area contributed by atoms with Gasteiger partial charge in [-0.25, -0.2) is 4.79 Å². The van der Waals surface area contributed by atoms with E-state index < -0.39 is 5.60 Å². The molecule has 0 radical (unpaired) electrons. The maximum absolute atomic E-state index is 12.9. The van der Waals surface area contributed by atoms with Gasteiger partial charge in [-0.3, -0.25) is 0 Å². The number of carbonyl (C=O) groups is 1. The van der Waals surface area contributed by atoms with Gasteiger partial charge < -0.3 is 14.2 Å². The molecule has 1 rings (SSSR count). The third kappa shape index (κ3) is 4.18. The maximum atomic E-state index is 12.9. The molecule has 0 amide bonds. The van der Waals surface area contributed by atoms with Crippen molar-refractivity contribution < 1.29 is 19.0 Å². The van der Waals surface area contributed by atoms with E-state index in [1.54, 1.807) is 20.3 Å². The molecule has 4 heteroatoms. The van der Waals surface area contributed by atoms with Crippen molar-refractivity contribution >= 4 is 5.97 Å². The number of hydrogen-bond donors (Lipinski definition) is 0. The third-order valence-corrected chi connectivity index (χ3v) is 4.63. The van der Waals surface area contributed by atoms with Gasteiger partial charge in [-0.2, -0.15) is 0 Å². The highest BCUT2D eigenvalue weighted by molar-refractivity contribution is 5.95. The molecule has 130 valence electrons. The Morgan fingerprint density at radius 2 is 1.61 bits per heavy atom. The van der Waals surface area contributed by atoms with Crippen LogP contribution in [0.25, 0.3) is 0 Å². The predicted octanol–water partition coefficient (Wildman–Crippen LogP) is 4.95. The molecule has 0 unspecified atom stereocenters. The van der Waals surface area contributed by atoms with Crippen molar-refractivity contribution in [1.82, 2.24) is 0 Å². The van der Waals surface area contributed by atoms with E-state index in [2.05, 4.69) is 20.8 Å². The molecule has 23 heavy (non-hydrogen) atoms. The summed E-state index contributed by atoms with van der Waals surface area (Å²) in [5, 5.41) is 0. The molecule has 1 aromatic carbocycles. The number of carbonyl (C=O) groups excluding carboxylic acids is 1. The molecule has 0 N–H and O–H groups in total. The summed E-state index contributed by atoms with van der Waals surface area (Å²) in [5.74, 6) is 1.00. The third-order valence-electron chi connectivity index (χ3n) is 4.63. The first-order valence-corrected chi connectivity index (χ1v) is 8.37. The van der Waals surface area contributed by atoms with Crippen LogP contribution >= 0.6 is 0 Å². The topological polar surface area (TPSA) is 44.8 Å². The summed E-state index contributed by atoms with van der Waals surface area (Å²) >= 11 is 0. The molecule has 0 aliphatic heterocycles. The monoisotopic (exact) mass is 322 g/mol. The molecule has 0 atom stereocenters. The number of ether oxygens (including phenoxy) is 3. The van der Waals surface area contributed by atoms with Crippen LogP contribution in [-0.4, -0.2) is 25.8 Å². The average Bonchev–Trinajstić information content (AvgIpc) is 2.58. The van der Waals surface area contributed by atoms with E-state index in [1.807, 2.05) is 19.9 Å². The minimum atomic E-state index is -0.420. The van der Waals surface area contributed by atoms with E-state index in [1.165, 1.54) is 0 Å². The zero-order chi connectivity index (χ0) is 17.6. The Balaban J connectivity index is 3.37. The highest BCUT2D eigenvalue weighted by Crippen LogP contribution is 2.35. The van der Waals surface area contributed by atoms with Crippen molar-refractivity contribution in [2.45, 2.75) is 65.4 Å². The molecule has 0 aromatic heterocycles. The van der Waals surface area contributed by atoms with Crippen LogP contribution in [0.5, 0.6) is 11.5 Å². The Kier molecular flexibility index (Phi) is 6.92. The summed E-state index contributed by atoms with van der Waals surface area (Å²) in [6.07, 6.45) is 2.38. The number of benzene rings is 1. The average molecular weight is 322 g/mol. The van der Waals surface area contributed by atoms with Crippen LogP contribution in [0.1, 0.15) is 75.7 Å². The summed E-state index contributed by atoms with van der Waals surface area (Å²) in [7, 11) is 3.16. The Morgan fingerprint density at radius 1 is 1.04 bits per heavy atom. The largest absolute Gasteiger partial charge is 0.497 e.